The van der Waals surface area contributed by atoms with Crippen molar-refractivity contribution in [2.24, 2.45) is 0 Å². The Morgan fingerprint density at radius 3 is 2.76 bits per heavy atom. The zero-order valence-electron chi connectivity index (χ0n) is 12.6. The Labute approximate surface area is 128 Å². The molecule has 0 aliphatic rings. The van der Waals surface area contributed by atoms with Crippen molar-refractivity contribution in [3.05, 3.63) is 50.6 Å². The molecule has 0 aliphatic carbocycles. The van der Waals surface area contributed by atoms with Crippen LogP contribution in [0.25, 0.3) is 0 Å². The highest BCUT2D eigenvalue weighted by molar-refractivity contribution is 7.07. The molecule has 0 saturated heterocycles. The van der Waals surface area contributed by atoms with Gasteiger partial charge in [0.1, 0.15) is 0 Å². The molecule has 21 heavy (non-hydrogen) atoms. The van der Waals surface area contributed by atoms with Gasteiger partial charge in [-0.3, -0.25) is 9.59 Å². The normalized spacial score (nSPS) is 10.9. The molecule has 0 unspecified atom stereocenters. The van der Waals surface area contributed by atoms with E-state index in [1.165, 1.54) is 16.9 Å². The molecule has 1 aromatic carbocycles. The number of aromatic nitrogens is 1. The molecule has 1 aromatic heterocycles. The summed E-state index contributed by atoms with van der Waals surface area (Å²) in [6.07, 6.45) is 0.295. The quantitative estimate of drug-likeness (QED) is 0.920. The lowest BCUT2D eigenvalue weighted by molar-refractivity contribution is -0.116. The summed E-state index contributed by atoms with van der Waals surface area (Å²) in [5.74, 6) is 0.349. The molecule has 1 heterocycles. The number of anilines is 1. The second-order valence-electron chi connectivity index (χ2n) is 5.37. The van der Waals surface area contributed by atoms with Gasteiger partial charge in [-0.15, -0.1) is 0 Å². The van der Waals surface area contributed by atoms with E-state index in [-0.39, 0.29) is 10.8 Å². The van der Waals surface area contributed by atoms with E-state index < -0.39 is 0 Å². The minimum atomic E-state index is -0.0755. The molecule has 1 amide bonds. The van der Waals surface area contributed by atoms with Crippen LogP contribution < -0.4 is 10.2 Å². The fourth-order valence-corrected chi connectivity index (χ4v) is 2.85. The van der Waals surface area contributed by atoms with Crippen LogP contribution in [0.1, 0.15) is 37.4 Å². The van der Waals surface area contributed by atoms with Crippen LogP contribution in [0.3, 0.4) is 0 Å². The first kappa shape index (κ1) is 15.5. The lowest BCUT2D eigenvalue weighted by atomic mass is 10.0. The molecule has 1 N–H and O–H groups in total. The number of carbonyl (C=O) groups excluding carboxylic acids is 1. The number of hydrogen-bond donors (Lipinski definition) is 1. The van der Waals surface area contributed by atoms with Crippen molar-refractivity contribution < 1.29 is 4.79 Å². The molecule has 2 rings (SSSR count). The van der Waals surface area contributed by atoms with Gasteiger partial charge in [-0.2, -0.15) is 0 Å². The van der Waals surface area contributed by atoms with Crippen LogP contribution in [-0.4, -0.2) is 10.5 Å². The van der Waals surface area contributed by atoms with Crippen molar-refractivity contribution >= 4 is 22.9 Å². The standard InChI is InChI=1S/C16H20N2O2S/c1-11(2)13-5-4-6-14(9-13)17-15(19)7-8-18-12(3)10-21-16(18)20/h4-6,9-11H,7-8H2,1-3H3,(H,17,19). The maximum atomic E-state index is 12.0. The number of thiazole rings is 1. The predicted octanol–water partition coefficient (Wildman–Crippen LogP) is 3.37. The number of hydrogen-bond acceptors (Lipinski definition) is 3. The van der Waals surface area contributed by atoms with Crippen LogP contribution in [0.5, 0.6) is 0 Å². The highest BCUT2D eigenvalue weighted by Gasteiger charge is 2.07. The third-order valence-electron chi connectivity index (χ3n) is 3.38. The molecule has 0 saturated carbocycles. The summed E-state index contributed by atoms with van der Waals surface area (Å²) in [6.45, 7) is 6.53. The van der Waals surface area contributed by atoms with Gasteiger partial charge in [-0.1, -0.05) is 37.3 Å². The van der Waals surface area contributed by atoms with Crippen molar-refractivity contribution in [2.45, 2.75) is 39.7 Å². The van der Waals surface area contributed by atoms with Crippen molar-refractivity contribution in [3.8, 4) is 0 Å². The molecular weight excluding hydrogens is 284 g/mol. The topological polar surface area (TPSA) is 51.1 Å². The Bertz CT molecular complexity index is 686. The monoisotopic (exact) mass is 304 g/mol. The summed E-state index contributed by atoms with van der Waals surface area (Å²) >= 11 is 1.17. The van der Waals surface area contributed by atoms with Crippen molar-refractivity contribution in [2.75, 3.05) is 5.32 Å². The summed E-state index contributed by atoms with van der Waals surface area (Å²) in [5, 5.41) is 4.70. The number of nitrogens with zero attached hydrogens (tertiary/aromatic N) is 1. The van der Waals surface area contributed by atoms with E-state index in [0.29, 0.717) is 18.9 Å². The first-order chi connectivity index (χ1) is 9.97. The number of carbonyl (C=O) groups is 1. The summed E-state index contributed by atoms with van der Waals surface area (Å²) < 4.78 is 1.63. The highest BCUT2D eigenvalue weighted by atomic mass is 32.1. The summed E-state index contributed by atoms with van der Waals surface area (Å²) in [7, 11) is 0. The predicted molar refractivity (Wildman–Crippen MR) is 87.1 cm³/mol. The van der Waals surface area contributed by atoms with Gasteiger partial charge in [0.25, 0.3) is 0 Å². The van der Waals surface area contributed by atoms with Gasteiger partial charge in [-0.25, -0.2) is 0 Å². The van der Waals surface area contributed by atoms with Crippen LogP contribution in [-0.2, 0) is 11.3 Å². The van der Waals surface area contributed by atoms with E-state index in [9.17, 15) is 9.59 Å². The molecular formula is C16H20N2O2S. The maximum Gasteiger partial charge on any atom is 0.307 e. The Morgan fingerprint density at radius 1 is 1.38 bits per heavy atom. The van der Waals surface area contributed by atoms with Crippen LogP contribution in [0.4, 0.5) is 5.69 Å². The van der Waals surface area contributed by atoms with Crippen LogP contribution >= 0.6 is 11.3 Å². The van der Waals surface area contributed by atoms with E-state index in [0.717, 1.165) is 11.4 Å². The minimum absolute atomic E-state index is 0.0119. The van der Waals surface area contributed by atoms with Gasteiger partial charge in [-0.05, 0) is 30.5 Å². The van der Waals surface area contributed by atoms with Crippen LogP contribution in [0.2, 0.25) is 0 Å². The summed E-state index contributed by atoms with van der Waals surface area (Å²) in [4.78, 5) is 23.6. The van der Waals surface area contributed by atoms with E-state index in [1.807, 2.05) is 30.5 Å². The molecule has 0 spiro atoms. The van der Waals surface area contributed by atoms with Crippen molar-refractivity contribution in [1.82, 2.24) is 4.57 Å². The largest absolute Gasteiger partial charge is 0.326 e. The first-order valence-corrected chi connectivity index (χ1v) is 7.90. The maximum absolute atomic E-state index is 12.0. The SMILES string of the molecule is Cc1csc(=O)n1CCC(=O)Nc1cccc(C(C)C)c1. The van der Waals surface area contributed by atoms with Crippen molar-refractivity contribution in [1.29, 1.82) is 0 Å². The first-order valence-electron chi connectivity index (χ1n) is 7.02. The molecule has 0 atom stereocenters. The molecule has 4 nitrogen and oxygen atoms in total. The fourth-order valence-electron chi connectivity index (χ4n) is 2.09. The fraction of sp³-hybridized carbons (Fsp3) is 0.375. The number of aryl methyl sites for hydroxylation is 1. The number of nitrogens with one attached hydrogen (secondary N) is 1. The number of benzene rings is 1. The average molecular weight is 304 g/mol. The highest BCUT2D eigenvalue weighted by Crippen LogP contribution is 2.18. The van der Waals surface area contributed by atoms with Gasteiger partial charge >= 0.3 is 4.87 Å². The zero-order chi connectivity index (χ0) is 15.4. The smallest absolute Gasteiger partial charge is 0.307 e. The lowest BCUT2D eigenvalue weighted by Gasteiger charge is -2.10. The molecule has 5 heteroatoms. The van der Waals surface area contributed by atoms with Gasteiger partial charge in [0.15, 0.2) is 0 Å². The minimum Gasteiger partial charge on any atom is -0.326 e. The molecule has 2 aromatic rings. The molecule has 0 aliphatic heterocycles. The lowest BCUT2D eigenvalue weighted by Crippen LogP contribution is -2.20. The van der Waals surface area contributed by atoms with Gasteiger partial charge in [0, 0.05) is 29.7 Å². The Morgan fingerprint density at radius 2 is 2.14 bits per heavy atom. The Kier molecular flexibility index (Phi) is 4.96. The molecule has 112 valence electrons. The van der Waals surface area contributed by atoms with Gasteiger partial charge < -0.3 is 9.88 Å². The molecule has 0 bridgehead atoms. The van der Waals surface area contributed by atoms with E-state index in [1.54, 1.807) is 4.57 Å². The molecule has 0 radical (unpaired) electrons. The van der Waals surface area contributed by atoms with Crippen LogP contribution in [0.15, 0.2) is 34.4 Å². The molecule has 0 fully saturated rings. The van der Waals surface area contributed by atoms with Gasteiger partial charge in [0.2, 0.25) is 5.91 Å². The van der Waals surface area contributed by atoms with E-state index >= 15 is 0 Å². The Balaban J connectivity index is 1.96. The average Bonchev–Trinajstić information content (AvgIpc) is 2.76. The number of rotatable bonds is 5. The third-order valence-corrected chi connectivity index (χ3v) is 4.26. The second-order valence-corrected chi connectivity index (χ2v) is 6.19. The Hall–Kier alpha value is -1.88. The second kappa shape index (κ2) is 6.72. The van der Waals surface area contributed by atoms with E-state index in [2.05, 4.69) is 25.2 Å². The van der Waals surface area contributed by atoms with Crippen LogP contribution in [0, 0.1) is 6.92 Å². The van der Waals surface area contributed by atoms with Gasteiger partial charge in [0.05, 0.1) is 0 Å². The summed E-state index contributed by atoms with van der Waals surface area (Å²) in [5.41, 5.74) is 2.90. The third kappa shape index (κ3) is 4.04. The summed E-state index contributed by atoms with van der Waals surface area (Å²) in [6, 6.07) is 7.86. The van der Waals surface area contributed by atoms with E-state index in [4.69, 9.17) is 0 Å². The van der Waals surface area contributed by atoms with Crippen molar-refractivity contribution in [3.63, 3.8) is 0 Å². The zero-order valence-corrected chi connectivity index (χ0v) is 13.4. The number of amides is 1.